The molecule has 3 nitrogen and oxygen atoms in total. The summed E-state index contributed by atoms with van der Waals surface area (Å²) in [7, 11) is 0. The highest BCUT2D eigenvalue weighted by molar-refractivity contribution is 7.81. The molecular weight excluding hydrogens is 176 g/mol. The summed E-state index contributed by atoms with van der Waals surface area (Å²) in [6.45, 7) is 3.81. The molecule has 0 saturated heterocycles. The van der Waals surface area contributed by atoms with Gasteiger partial charge in [-0.1, -0.05) is 6.92 Å². The molecule has 0 bridgehead atoms. The van der Waals surface area contributed by atoms with Crippen LogP contribution in [0, 0.1) is 0 Å². The number of ether oxygens (including phenoxy) is 1. The normalized spacial score (nSPS) is 12.2. The first-order valence-corrected chi connectivity index (χ1v) is 4.49. The SMILES string of the molecule is CCOC(=O)C(S)CC(=O)CC. The lowest BCUT2D eigenvalue weighted by atomic mass is 10.2. The molecule has 0 fully saturated rings. The van der Waals surface area contributed by atoms with Crippen molar-refractivity contribution in [2.24, 2.45) is 0 Å². The maximum Gasteiger partial charge on any atom is 0.319 e. The Kier molecular flexibility index (Phi) is 5.80. The first-order chi connectivity index (χ1) is 5.61. The van der Waals surface area contributed by atoms with Crippen molar-refractivity contribution in [3.63, 3.8) is 0 Å². The lowest BCUT2D eigenvalue weighted by Crippen LogP contribution is -2.21. The zero-order valence-electron chi connectivity index (χ0n) is 7.37. The van der Waals surface area contributed by atoms with Gasteiger partial charge in [-0.3, -0.25) is 9.59 Å². The van der Waals surface area contributed by atoms with E-state index in [-0.39, 0.29) is 12.2 Å². The van der Waals surface area contributed by atoms with Crippen LogP contribution < -0.4 is 0 Å². The van der Waals surface area contributed by atoms with Crippen molar-refractivity contribution >= 4 is 24.4 Å². The van der Waals surface area contributed by atoms with E-state index in [0.29, 0.717) is 13.0 Å². The minimum absolute atomic E-state index is 0.0306. The van der Waals surface area contributed by atoms with Gasteiger partial charge in [0.2, 0.25) is 0 Å². The Bertz CT molecular complexity index is 168. The van der Waals surface area contributed by atoms with Crippen molar-refractivity contribution in [1.82, 2.24) is 0 Å². The molecule has 0 aromatic rings. The van der Waals surface area contributed by atoms with Crippen molar-refractivity contribution in [3.8, 4) is 0 Å². The Balaban J connectivity index is 3.78. The van der Waals surface area contributed by atoms with E-state index in [1.165, 1.54) is 0 Å². The van der Waals surface area contributed by atoms with E-state index in [1.54, 1.807) is 13.8 Å². The molecule has 0 radical (unpaired) electrons. The van der Waals surface area contributed by atoms with Crippen LogP contribution in [0.15, 0.2) is 0 Å². The Morgan fingerprint density at radius 3 is 2.42 bits per heavy atom. The summed E-state index contributed by atoms with van der Waals surface area (Å²) < 4.78 is 4.68. The standard InChI is InChI=1S/C8H14O3S/c1-3-6(9)5-7(12)8(10)11-4-2/h7,12H,3-5H2,1-2H3. The number of esters is 1. The van der Waals surface area contributed by atoms with Gasteiger partial charge in [0, 0.05) is 12.8 Å². The van der Waals surface area contributed by atoms with Crippen LogP contribution in [-0.2, 0) is 14.3 Å². The third-order valence-corrected chi connectivity index (χ3v) is 1.77. The predicted octanol–water partition coefficient (Wildman–Crippen LogP) is 1.22. The van der Waals surface area contributed by atoms with Gasteiger partial charge in [0.05, 0.1) is 6.61 Å². The zero-order valence-corrected chi connectivity index (χ0v) is 8.27. The number of ketones is 1. The zero-order chi connectivity index (χ0) is 9.56. The number of carbonyl (C=O) groups is 2. The second-order valence-corrected chi connectivity index (χ2v) is 2.99. The Labute approximate surface area is 77.9 Å². The Morgan fingerprint density at radius 1 is 1.42 bits per heavy atom. The molecule has 12 heavy (non-hydrogen) atoms. The maximum absolute atomic E-state index is 10.9. The van der Waals surface area contributed by atoms with Crippen LogP contribution in [-0.4, -0.2) is 23.6 Å². The van der Waals surface area contributed by atoms with Crippen molar-refractivity contribution in [2.75, 3.05) is 6.61 Å². The molecule has 0 spiro atoms. The van der Waals surface area contributed by atoms with Gasteiger partial charge < -0.3 is 4.74 Å². The molecule has 0 aliphatic heterocycles. The van der Waals surface area contributed by atoms with E-state index < -0.39 is 11.2 Å². The fourth-order valence-corrected chi connectivity index (χ4v) is 0.960. The first kappa shape index (κ1) is 11.5. The van der Waals surface area contributed by atoms with Crippen LogP contribution in [0.3, 0.4) is 0 Å². The molecule has 1 unspecified atom stereocenters. The van der Waals surface area contributed by atoms with E-state index in [0.717, 1.165) is 0 Å². The maximum atomic E-state index is 10.9. The van der Waals surface area contributed by atoms with Gasteiger partial charge in [0.15, 0.2) is 0 Å². The highest BCUT2D eigenvalue weighted by atomic mass is 32.1. The lowest BCUT2D eigenvalue weighted by molar-refractivity contribution is -0.143. The summed E-state index contributed by atoms with van der Waals surface area (Å²) in [6.07, 6.45) is 0.606. The number of rotatable bonds is 5. The molecule has 0 aliphatic rings. The lowest BCUT2D eigenvalue weighted by Gasteiger charge is -2.07. The van der Waals surface area contributed by atoms with Crippen LogP contribution in [0.25, 0.3) is 0 Å². The van der Waals surface area contributed by atoms with Gasteiger partial charge in [-0.15, -0.1) is 0 Å². The number of hydrogen-bond acceptors (Lipinski definition) is 4. The third-order valence-electron chi connectivity index (χ3n) is 1.37. The molecule has 0 heterocycles. The molecule has 0 N–H and O–H groups in total. The molecule has 0 aromatic carbocycles. The van der Waals surface area contributed by atoms with Gasteiger partial charge in [-0.05, 0) is 6.92 Å². The molecule has 70 valence electrons. The molecule has 0 aromatic heterocycles. The van der Waals surface area contributed by atoms with Gasteiger partial charge in [-0.2, -0.15) is 12.6 Å². The van der Waals surface area contributed by atoms with E-state index in [1.807, 2.05) is 0 Å². The molecule has 1 atom stereocenters. The Morgan fingerprint density at radius 2 is 2.00 bits per heavy atom. The van der Waals surface area contributed by atoms with Gasteiger partial charge in [-0.25, -0.2) is 0 Å². The summed E-state index contributed by atoms with van der Waals surface area (Å²) in [5.41, 5.74) is 0. The number of Topliss-reactive ketones (excluding diaryl/α,β-unsaturated/α-hetero) is 1. The number of hydrogen-bond donors (Lipinski definition) is 1. The second kappa shape index (κ2) is 6.06. The summed E-state index contributed by atoms with van der Waals surface area (Å²) in [5.74, 6) is -0.384. The summed E-state index contributed by atoms with van der Waals surface area (Å²) in [5, 5.41) is -0.600. The van der Waals surface area contributed by atoms with Crippen LogP contribution in [0.2, 0.25) is 0 Å². The summed E-state index contributed by atoms with van der Waals surface area (Å²) in [4.78, 5) is 21.8. The van der Waals surface area contributed by atoms with Gasteiger partial charge in [0.1, 0.15) is 11.0 Å². The van der Waals surface area contributed by atoms with E-state index >= 15 is 0 Å². The predicted molar refractivity (Wildman–Crippen MR) is 49.3 cm³/mol. The highest BCUT2D eigenvalue weighted by Crippen LogP contribution is 2.05. The van der Waals surface area contributed by atoms with Crippen LogP contribution in [0.5, 0.6) is 0 Å². The number of carbonyl (C=O) groups excluding carboxylic acids is 2. The summed E-state index contributed by atoms with van der Waals surface area (Å²) in [6, 6.07) is 0. The third kappa shape index (κ3) is 4.38. The van der Waals surface area contributed by atoms with Gasteiger partial charge in [0.25, 0.3) is 0 Å². The topological polar surface area (TPSA) is 43.4 Å². The van der Waals surface area contributed by atoms with Crippen molar-refractivity contribution < 1.29 is 14.3 Å². The average molecular weight is 190 g/mol. The Hall–Kier alpha value is -0.510. The highest BCUT2D eigenvalue weighted by Gasteiger charge is 2.17. The van der Waals surface area contributed by atoms with E-state index in [2.05, 4.69) is 17.4 Å². The van der Waals surface area contributed by atoms with Crippen LogP contribution in [0.1, 0.15) is 26.7 Å². The van der Waals surface area contributed by atoms with Gasteiger partial charge >= 0.3 is 5.97 Å². The molecule has 4 heteroatoms. The average Bonchev–Trinajstić information content (AvgIpc) is 2.04. The molecule has 0 aliphatic carbocycles. The smallest absolute Gasteiger partial charge is 0.319 e. The van der Waals surface area contributed by atoms with E-state index in [4.69, 9.17) is 0 Å². The van der Waals surface area contributed by atoms with Crippen LogP contribution >= 0.6 is 12.6 Å². The van der Waals surface area contributed by atoms with Crippen LogP contribution in [0.4, 0.5) is 0 Å². The minimum Gasteiger partial charge on any atom is -0.465 e. The number of thiol groups is 1. The largest absolute Gasteiger partial charge is 0.465 e. The van der Waals surface area contributed by atoms with Crippen molar-refractivity contribution in [3.05, 3.63) is 0 Å². The molecule has 0 rings (SSSR count). The van der Waals surface area contributed by atoms with E-state index in [9.17, 15) is 9.59 Å². The fourth-order valence-electron chi connectivity index (χ4n) is 0.682. The molecule has 0 amide bonds. The molecular formula is C8H14O3S. The second-order valence-electron chi connectivity index (χ2n) is 2.36. The minimum atomic E-state index is -0.600. The first-order valence-electron chi connectivity index (χ1n) is 3.98. The fraction of sp³-hybridized carbons (Fsp3) is 0.750. The monoisotopic (exact) mass is 190 g/mol. The van der Waals surface area contributed by atoms with Crippen molar-refractivity contribution in [1.29, 1.82) is 0 Å². The quantitative estimate of drug-likeness (QED) is 0.523. The van der Waals surface area contributed by atoms with Crippen molar-refractivity contribution in [2.45, 2.75) is 31.9 Å². The molecule has 0 saturated carbocycles. The summed E-state index contributed by atoms with van der Waals surface area (Å²) >= 11 is 3.96.